The van der Waals surface area contributed by atoms with Gasteiger partial charge in [-0.2, -0.15) is 12.7 Å². The zero-order chi connectivity index (χ0) is 25.3. The van der Waals surface area contributed by atoms with E-state index < -0.39 is 28.7 Å². The molecule has 1 unspecified atom stereocenters. The van der Waals surface area contributed by atoms with Crippen LogP contribution in [0.2, 0.25) is 5.02 Å². The van der Waals surface area contributed by atoms with Gasteiger partial charge in [-0.25, -0.2) is 4.31 Å². The molecule has 1 atom stereocenters. The number of hydrogen-bond donors (Lipinski definition) is 1. The maximum absolute atomic E-state index is 13.6. The molecule has 34 heavy (non-hydrogen) atoms. The van der Waals surface area contributed by atoms with Gasteiger partial charge in [0, 0.05) is 32.2 Å². The lowest BCUT2D eigenvalue weighted by molar-refractivity contribution is -0.139. The highest BCUT2D eigenvalue weighted by Gasteiger charge is 2.32. The maximum atomic E-state index is 13.6. The number of hydrogen-bond acceptors (Lipinski definition) is 4. The number of rotatable bonds is 12. The monoisotopic (exact) mass is 508 g/mol. The number of carbonyl (C=O) groups excluding carboxylic acids is 2. The summed E-state index contributed by atoms with van der Waals surface area (Å²) in [5.41, 5.74) is 1.01. The number of anilines is 1. The smallest absolute Gasteiger partial charge is 0.304 e. The van der Waals surface area contributed by atoms with Crippen molar-refractivity contribution >= 4 is 39.3 Å². The Morgan fingerprint density at radius 1 is 1.03 bits per heavy atom. The van der Waals surface area contributed by atoms with Gasteiger partial charge in [0.1, 0.15) is 12.6 Å². The Bertz CT molecular complexity index is 1060. The molecule has 10 heteroatoms. The van der Waals surface area contributed by atoms with Crippen LogP contribution in [0.25, 0.3) is 0 Å². The molecule has 0 spiro atoms. The Morgan fingerprint density at radius 2 is 1.65 bits per heavy atom. The van der Waals surface area contributed by atoms with Gasteiger partial charge in [0.15, 0.2) is 0 Å². The van der Waals surface area contributed by atoms with Crippen molar-refractivity contribution in [1.82, 2.24) is 14.5 Å². The Hall–Kier alpha value is -2.62. The molecule has 0 aliphatic heterocycles. The number of nitrogens with zero attached hydrogens (tertiary/aromatic N) is 3. The van der Waals surface area contributed by atoms with E-state index in [1.54, 1.807) is 61.5 Å². The standard InChI is InChI=1S/C24H33ClN4O4S/c1-5-6-16-26-24(31)19(2)28(17-20-12-10-11-15-22(20)25)23(30)18-29(34(32,33)27(3)4)21-13-8-7-9-14-21/h7-15,19H,5-6,16-18H2,1-4H3,(H,26,31). The molecule has 0 fully saturated rings. The summed E-state index contributed by atoms with van der Waals surface area (Å²) in [5.74, 6) is -0.831. The van der Waals surface area contributed by atoms with Gasteiger partial charge in [-0.15, -0.1) is 0 Å². The third-order valence-corrected chi connectivity index (χ3v) is 7.55. The summed E-state index contributed by atoms with van der Waals surface area (Å²) in [7, 11) is -1.16. The first-order valence-electron chi connectivity index (χ1n) is 11.1. The number of carbonyl (C=O) groups is 2. The normalized spacial score (nSPS) is 12.3. The summed E-state index contributed by atoms with van der Waals surface area (Å²) in [5, 5.41) is 3.30. The minimum atomic E-state index is -3.97. The quantitative estimate of drug-likeness (QED) is 0.445. The van der Waals surface area contributed by atoms with Gasteiger partial charge < -0.3 is 10.2 Å². The number of para-hydroxylation sites is 1. The van der Waals surface area contributed by atoms with E-state index in [1.807, 2.05) is 6.92 Å². The molecular weight excluding hydrogens is 476 g/mol. The van der Waals surface area contributed by atoms with Crippen LogP contribution in [0.1, 0.15) is 32.3 Å². The Labute approximate surface area is 207 Å². The molecule has 0 saturated carbocycles. The average Bonchev–Trinajstić information content (AvgIpc) is 2.81. The fourth-order valence-electron chi connectivity index (χ4n) is 3.24. The van der Waals surface area contributed by atoms with Crippen molar-refractivity contribution in [3.8, 4) is 0 Å². The van der Waals surface area contributed by atoms with Crippen LogP contribution in [0.15, 0.2) is 54.6 Å². The zero-order valence-corrected chi connectivity index (χ0v) is 21.6. The van der Waals surface area contributed by atoms with Crippen LogP contribution in [-0.2, 0) is 26.3 Å². The summed E-state index contributed by atoms with van der Waals surface area (Å²) in [6.07, 6.45) is 1.74. The lowest BCUT2D eigenvalue weighted by Crippen LogP contribution is -2.52. The summed E-state index contributed by atoms with van der Waals surface area (Å²) in [6.45, 7) is 3.74. The predicted octanol–water partition coefficient (Wildman–Crippen LogP) is 3.29. The van der Waals surface area contributed by atoms with E-state index in [2.05, 4.69) is 5.32 Å². The van der Waals surface area contributed by atoms with Crippen LogP contribution in [0.5, 0.6) is 0 Å². The number of unbranched alkanes of at least 4 members (excludes halogenated alkanes) is 1. The molecule has 0 radical (unpaired) electrons. The van der Waals surface area contributed by atoms with E-state index in [-0.39, 0.29) is 12.5 Å². The Morgan fingerprint density at radius 3 is 2.24 bits per heavy atom. The molecule has 0 aromatic heterocycles. The largest absolute Gasteiger partial charge is 0.354 e. The third kappa shape index (κ3) is 7.19. The molecule has 2 rings (SSSR count). The first kappa shape index (κ1) is 27.6. The van der Waals surface area contributed by atoms with E-state index in [1.165, 1.54) is 19.0 Å². The van der Waals surface area contributed by atoms with Gasteiger partial charge in [-0.3, -0.25) is 9.59 Å². The summed E-state index contributed by atoms with van der Waals surface area (Å²) >= 11 is 6.32. The first-order chi connectivity index (χ1) is 16.1. The molecule has 8 nitrogen and oxygen atoms in total. The molecule has 0 heterocycles. The summed E-state index contributed by atoms with van der Waals surface area (Å²) in [6, 6.07) is 14.6. The highest BCUT2D eigenvalue weighted by atomic mass is 35.5. The predicted molar refractivity (Wildman–Crippen MR) is 136 cm³/mol. The van der Waals surface area contributed by atoms with Crippen molar-refractivity contribution in [2.45, 2.75) is 39.3 Å². The van der Waals surface area contributed by atoms with Crippen molar-refractivity contribution in [3.63, 3.8) is 0 Å². The van der Waals surface area contributed by atoms with Crippen LogP contribution >= 0.6 is 11.6 Å². The van der Waals surface area contributed by atoms with E-state index in [9.17, 15) is 18.0 Å². The lowest BCUT2D eigenvalue weighted by atomic mass is 10.1. The Balaban J connectivity index is 2.40. The molecule has 0 bridgehead atoms. The number of amides is 2. The van der Waals surface area contributed by atoms with Crippen molar-refractivity contribution in [2.24, 2.45) is 0 Å². The lowest BCUT2D eigenvalue weighted by Gasteiger charge is -2.33. The highest BCUT2D eigenvalue weighted by molar-refractivity contribution is 7.90. The van der Waals surface area contributed by atoms with E-state index in [4.69, 9.17) is 11.6 Å². The van der Waals surface area contributed by atoms with Gasteiger partial charge in [0.25, 0.3) is 0 Å². The van der Waals surface area contributed by atoms with E-state index in [0.717, 1.165) is 21.5 Å². The molecule has 2 aromatic carbocycles. The Kier molecular flexibility index (Phi) is 10.3. The summed E-state index contributed by atoms with van der Waals surface area (Å²) in [4.78, 5) is 27.8. The molecule has 0 saturated heterocycles. The average molecular weight is 509 g/mol. The second-order valence-corrected chi connectivity index (χ2v) is 10.5. The molecule has 0 aliphatic rings. The van der Waals surface area contributed by atoms with Crippen molar-refractivity contribution in [2.75, 3.05) is 31.5 Å². The van der Waals surface area contributed by atoms with Gasteiger partial charge in [-0.1, -0.05) is 61.3 Å². The first-order valence-corrected chi connectivity index (χ1v) is 12.9. The fourth-order valence-corrected chi connectivity index (χ4v) is 4.49. The zero-order valence-electron chi connectivity index (χ0n) is 20.1. The minimum absolute atomic E-state index is 0.0610. The molecular formula is C24H33ClN4O4S. The summed E-state index contributed by atoms with van der Waals surface area (Å²) < 4.78 is 28.2. The van der Waals surface area contributed by atoms with Crippen LogP contribution in [-0.4, -0.2) is 62.7 Å². The maximum Gasteiger partial charge on any atom is 0.304 e. The van der Waals surface area contributed by atoms with Crippen LogP contribution in [0.4, 0.5) is 5.69 Å². The van der Waals surface area contributed by atoms with Crippen molar-refractivity contribution in [3.05, 3.63) is 65.2 Å². The molecule has 2 aromatic rings. The number of halogens is 1. The molecule has 2 amide bonds. The molecule has 186 valence electrons. The van der Waals surface area contributed by atoms with E-state index >= 15 is 0 Å². The number of benzene rings is 2. The van der Waals surface area contributed by atoms with Crippen LogP contribution < -0.4 is 9.62 Å². The second-order valence-electron chi connectivity index (χ2n) is 8.07. The van der Waals surface area contributed by atoms with Gasteiger partial charge in [-0.05, 0) is 37.1 Å². The van der Waals surface area contributed by atoms with Gasteiger partial charge in [0.05, 0.1) is 5.69 Å². The van der Waals surface area contributed by atoms with Crippen molar-refractivity contribution < 1.29 is 18.0 Å². The third-order valence-electron chi connectivity index (χ3n) is 5.36. The highest BCUT2D eigenvalue weighted by Crippen LogP contribution is 2.22. The van der Waals surface area contributed by atoms with E-state index in [0.29, 0.717) is 22.8 Å². The number of nitrogens with one attached hydrogen (secondary N) is 1. The van der Waals surface area contributed by atoms with Crippen molar-refractivity contribution in [1.29, 1.82) is 0 Å². The fraction of sp³-hybridized carbons (Fsp3) is 0.417. The molecule has 0 aliphatic carbocycles. The SMILES string of the molecule is CCCCNC(=O)C(C)N(Cc1ccccc1Cl)C(=O)CN(c1ccccc1)S(=O)(=O)N(C)C. The van der Waals surface area contributed by atoms with Crippen LogP contribution in [0, 0.1) is 0 Å². The minimum Gasteiger partial charge on any atom is -0.354 e. The second kappa shape index (κ2) is 12.7. The van der Waals surface area contributed by atoms with Crippen LogP contribution in [0.3, 0.4) is 0 Å². The van der Waals surface area contributed by atoms with Gasteiger partial charge >= 0.3 is 10.2 Å². The van der Waals surface area contributed by atoms with Gasteiger partial charge in [0.2, 0.25) is 11.8 Å². The molecule has 1 N–H and O–H groups in total. The topological polar surface area (TPSA) is 90.0 Å².